The van der Waals surface area contributed by atoms with Crippen molar-refractivity contribution in [3.05, 3.63) is 31.3 Å². The fraction of sp³-hybridized carbons (Fsp3) is 0. The molecule has 0 radical (unpaired) electrons. The van der Waals surface area contributed by atoms with Gasteiger partial charge in [0, 0.05) is 0 Å². The minimum Gasteiger partial charge on any atom is -0.299 e. The van der Waals surface area contributed by atoms with Crippen LogP contribution < -0.4 is 16.9 Å². The summed E-state index contributed by atoms with van der Waals surface area (Å²) in [5.41, 5.74) is -4.32. The Balaban J connectivity index is 3.20. The Kier molecular flexibility index (Phi) is 1.90. The van der Waals surface area contributed by atoms with Crippen LogP contribution in [0.3, 0.4) is 0 Å². The fourth-order valence-electron chi connectivity index (χ4n) is 1.22. The van der Waals surface area contributed by atoms with E-state index in [0.29, 0.717) is 0 Å². The highest BCUT2D eigenvalue weighted by atomic mass is 32.2. The first-order valence-electron chi connectivity index (χ1n) is 3.76. The van der Waals surface area contributed by atoms with Crippen molar-refractivity contribution in [3.8, 4) is 0 Å². The number of nitrogens with one attached hydrogen (secondary N) is 3. The summed E-state index contributed by atoms with van der Waals surface area (Å²) in [6, 6.07) is 0. The van der Waals surface area contributed by atoms with Crippen LogP contribution in [-0.2, 0) is 10.3 Å². The first-order valence-corrected chi connectivity index (χ1v) is 5.16. The van der Waals surface area contributed by atoms with Gasteiger partial charge in [-0.2, -0.15) is 8.42 Å². The van der Waals surface area contributed by atoms with Crippen LogP contribution in [0.15, 0.2) is 14.4 Å². The second-order valence-electron chi connectivity index (χ2n) is 2.80. The van der Waals surface area contributed by atoms with Crippen LogP contribution in [0.4, 0.5) is 0 Å². The third kappa shape index (κ3) is 1.38. The molecule has 0 amide bonds. The van der Waals surface area contributed by atoms with Crippen molar-refractivity contribution in [1.29, 1.82) is 0 Å². The highest BCUT2D eigenvalue weighted by molar-refractivity contribution is 7.84. The lowest BCUT2D eigenvalue weighted by Gasteiger charge is -1.95. The monoisotopic (exact) mass is 248 g/mol. The molecule has 2 heterocycles. The van der Waals surface area contributed by atoms with Crippen molar-refractivity contribution in [1.82, 2.24) is 18.9 Å². The number of imidazole rings is 1. The quantitative estimate of drug-likeness (QED) is 0.404. The van der Waals surface area contributed by atoms with Gasteiger partial charge in [0.15, 0.2) is 11.2 Å². The second-order valence-corrected chi connectivity index (χ2v) is 4.07. The van der Waals surface area contributed by atoms with E-state index in [4.69, 9.17) is 4.55 Å². The number of hydrogen-bond donors (Lipinski definition) is 4. The number of hydrogen-bond acceptors (Lipinski definition) is 5. The highest BCUT2D eigenvalue weighted by Gasteiger charge is 2.19. The van der Waals surface area contributed by atoms with Crippen LogP contribution in [0.2, 0.25) is 0 Å². The summed E-state index contributed by atoms with van der Waals surface area (Å²) in [5.74, 6) is 0. The molecule has 0 aliphatic rings. The number of rotatable bonds is 1. The molecule has 0 aliphatic carbocycles. The van der Waals surface area contributed by atoms with E-state index < -0.39 is 38.4 Å². The molecule has 0 unspecified atom stereocenters. The second kappa shape index (κ2) is 2.93. The topological polar surface area (TPSA) is 158 Å². The average Bonchev–Trinajstić information content (AvgIpc) is 2.40. The molecule has 0 fully saturated rings. The maximum absolute atomic E-state index is 11.2. The molecule has 0 aliphatic heterocycles. The number of H-pyrrole nitrogens is 3. The normalized spacial score (nSPS) is 12.1. The summed E-state index contributed by atoms with van der Waals surface area (Å²) < 4.78 is 30.2. The SMILES string of the molecule is O=c1[nH]c(=O)c2[nH]c(=O)n(S(=O)(=O)O)c2[nH]1. The number of aromatic nitrogens is 4. The van der Waals surface area contributed by atoms with Gasteiger partial charge in [0.2, 0.25) is 0 Å². The Morgan fingerprint density at radius 1 is 1.06 bits per heavy atom. The molecule has 4 N–H and O–H groups in total. The zero-order valence-electron chi connectivity index (χ0n) is 7.34. The molecule has 0 aromatic carbocycles. The van der Waals surface area contributed by atoms with Crippen LogP contribution in [0, 0.1) is 0 Å². The summed E-state index contributed by atoms with van der Waals surface area (Å²) in [7, 11) is -4.90. The molecule has 2 rings (SSSR count). The van der Waals surface area contributed by atoms with Crippen molar-refractivity contribution >= 4 is 21.5 Å². The van der Waals surface area contributed by atoms with E-state index in [1.807, 2.05) is 9.97 Å². The number of aromatic amines is 3. The lowest BCUT2D eigenvalue weighted by atomic mass is 10.5. The molecule has 0 atom stereocenters. The van der Waals surface area contributed by atoms with Gasteiger partial charge < -0.3 is 0 Å². The van der Waals surface area contributed by atoms with Gasteiger partial charge in [-0.1, -0.05) is 0 Å². The molecule has 11 heteroatoms. The van der Waals surface area contributed by atoms with E-state index in [1.165, 1.54) is 0 Å². The molecular weight excluding hydrogens is 244 g/mol. The molecular formula is C5H4N4O6S. The number of fused-ring (bicyclic) bond motifs is 1. The van der Waals surface area contributed by atoms with Crippen molar-refractivity contribution in [3.63, 3.8) is 0 Å². The van der Waals surface area contributed by atoms with Crippen molar-refractivity contribution in [2.45, 2.75) is 0 Å². The molecule has 16 heavy (non-hydrogen) atoms. The Morgan fingerprint density at radius 3 is 2.25 bits per heavy atom. The lowest BCUT2D eigenvalue weighted by molar-refractivity contribution is 0.472. The largest absolute Gasteiger partial charge is 0.369 e. The predicted molar refractivity (Wildman–Crippen MR) is 50.7 cm³/mol. The summed E-state index contributed by atoms with van der Waals surface area (Å²) in [6.07, 6.45) is 0. The van der Waals surface area contributed by atoms with Gasteiger partial charge in [-0.05, 0) is 0 Å². The zero-order chi connectivity index (χ0) is 12.1. The van der Waals surface area contributed by atoms with Gasteiger partial charge >= 0.3 is 21.7 Å². The van der Waals surface area contributed by atoms with E-state index >= 15 is 0 Å². The van der Waals surface area contributed by atoms with Gasteiger partial charge in [0.1, 0.15) is 0 Å². The fourth-order valence-corrected chi connectivity index (χ4v) is 1.84. The highest BCUT2D eigenvalue weighted by Crippen LogP contribution is 2.00. The molecule has 0 saturated carbocycles. The van der Waals surface area contributed by atoms with Gasteiger partial charge in [0.05, 0.1) is 0 Å². The molecule has 10 nitrogen and oxygen atoms in total. The minimum absolute atomic E-state index is 0.126. The Morgan fingerprint density at radius 2 is 1.69 bits per heavy atom. The van der Waals surface area contributed by atoms with Crippen LogP contribution in [0.1, 0.15) is 0 Å². The van der Waals surface area contributed by atoms with Crippen LogP contribution in [0.5, 0.6) is 0 Å². The molecule has 0 spiro atoms. The van der Waals surface area contributed by atoms with Crippen molar-refractivity contribution in [2.24, 2.45) is 0 Å². The lowest BCUT2D eigenvalue weighted by Crippen LogP contribution is -2.26. The third-order valence-corrected chi connectivity index (χ3v) is 2.58. The van der Waals surface area contributed by atoms with Gasteiger partial charge in [-0.3, -0.25) is 24.3 Å². The van der Waals surface area contributed by atoms with E-state index in [1.54, 1.807) is 4.98 Å². The Labute approximate surface area is 85.4 Å². The predicted octanol–water partition coefficient (Wildman–Crippen LogP) is -2.64. The van der Waals surface area contributed by atoms with Gasteiger partial charge in [0.25, 0.3) is 5.56 Å². The molecule has 0 saturated heterocycles. The van der Waals surface area contributed by atoms with Crippen LogP contribution in [0.25, 0.3) is 11.2 Å². The maximum Gasteiger partial charge on any atom is 0.369 e. The summed E-state index contributed by atoms with van der Waals surface area (Å²) >= 11 is 0. The smallest absolute Gasteiger partial charge is 0.299 e. The standard InChI is InChI=1S/C5H4N4O6S/c10-3-1-2(7-4(11)8-3)9(5(12)6-1)16(13,14)15/h(H,6,12)(H,13,14,15)(H2,7,8,10,11). The van der Waals surface area contributed by atoms with Crippen molar-refractivity contribution in [2.75, 3.05) is 0 Å². The Hall–Kier alpha value is -2.14. The first-order chi connectivity index (χ1) is 7.30. The summed E-state index contributed by atoms with van der Waals surface area (Å²) in [6.45, 7) is 0. The van der Waals surface area contributed by atoms with Crippen molar-refractivity contribution < 1.29 is 13.0 Å². The molecule has 86 valence electrons. The van der Waals surface area contributed by atoms with E-state index in [-0.39, 0.29) is 3.97 Å². The average molecular weight is 248 g/mol. The van der Waals surface area contributed by atoms with E-state index in [2.05, 4.69) is 0 Å². The van der Waals surface area contributed by atoms with E-state index in [0.717, 1.165) is 0 Å². The number of nitrogens with zero attached hydrogens (tertiary/aromatic N) is 1. The summed E-state index contributed by atoms with van der Waals surface area (Å²) in [5, 5.41) is 0. The zero-order valence-corrected chi connectivity index (χ0v) is 8.16. The first kappa shape index (κ1) is 10.4. The Bertz CT molecular complexity index is 832. The van der Waals surface area contributed by atoms with Crippen LogP contribution in [-0.4, -0.2) is 31.9 Å². The van der Waals surface area contributed by atoms with E-state index in [9.17, 15) is 22.8 Å². The molecule has 2 aromatic rings. The molecule has 0 bridgehead atoms. The maximum atomic E-state index is 11.2. The van der Waals surface area contributed by atoms with Gasteiger partial charge in [-0.25, -0.2) is 9.59 Å². The third-order valence-electron chi connectivity index (χ3n) is 1.77. The molecule has 2 aromatic heterocycles. The minimum atomic E-state index is -4.90. The van der Waals surface area contributed by atoms with Gasteiger partial charge in [-0.15, -0.1) is 3.97 Å². The van der Waals surface area contributed by atoms with Crippen LogP contribution >= 0.6 is 0 Å². The summed E-state index contributed by atoms with van der Waals surface area (Å²) in [4.78, 5) is 38.7.